The number of aryl methyl sites for hydroxylation is 2. The first-order valence-corrected chi connectivity index (χ1v) is 7.34. The average Bonchev–Trinajstić information content (AvgIpc) is 2.47. The van der Waals surface area contributed by atoms with Gasteiger partial charge in [-0.25, -0.2) is 9.97 Å². The fourth-order valence-corrected chi connectivity index (χ4v) is 2.37. The number of ether oxygens (including phenoxy) is 1. The van der Waals surface area contributed by atoms with Crippen LogP contribution < -0.4 is 10.5 Å². The van der Waals surface area contributed by atoms with Crippen LogP contribution in [0.4, 0.5) is 0 Å². The zero-order valence-electron chi connectivity index (χ0n) is 13.0. The van der Waals surface area contributed by atoms with Crippen LogP contribution in [0.3, 0.4) is 0 Å². The van der Waals surface area contributed by atoms with Crippen molar-refractivity contribution in [3.05, 3.63) is 53.1 Å². The van der Waals surface area contributed by atoms with E-state index in [2.05, 4.69) is 42.9 Å². The predicted octanol–water partition coefficient (Wildman–Crippen LogP) is 2.95. The Morgan fingerprint density at radius 3 is 2.33 bits per heavy atom. The van der Waals surface area contributed by atoms with Gasteiger partial charge in [0.1, 0.15) is 12.4 Å². The second-order valence-corrected chi connectivity index (χ2v) is 5.38. The quantitative estimate of drug-likeness (QED) is 0.886. The molecule has 0 bridgehead atoms. The molecule has 0 aliphatic rings. The van der Waals surface area contributed by atoms with Crippen LogP contribution in [-0.2, 0) is 13.0 Å². The molecule has 1 atom stereocenters. The van der Waals surface area contributed by atoms with Crippen molar-refractivity contribution in [2.45, 2.75) is 46.3 Å². The lowest BCUT2D eigenvalue weighted by atomic mass is 9.99. The van der Waals surface area contributed by atoms with Gasteiger partial charge in [0, 0.05) is 18.4 Å². The summed E-state index contributed by atoms with van der Waals surface area (Å²) in [4.78, 5) is 8.34. The van der Waals surface area contributed by atoms with E-state index in [-0.39, 0.29) is 6.04 Å². The summed E-state index contributed by atoms with van der Waals surface area (Å²) in [5, 5.41) is 0. The number of nitrogens with two attached hydrogens (primary N) is 1. The van der Waals surface area contributed by atoms with Crippen LogP contribution in [-0.4, -0.2) is 16.0 Å². The second-order valence-electron chi connectivity index (χ2n) is 5.38. The summed E-state index contributed by atoms with van der Waals surface area (Å²) in [5.74, 6) is 1.60. The van der Waals surface area contributed by atoms with Gasteiger partial charge in [0.05, 0.1) is 0 Å². The van der Waals surface area contributed by atoms with Gasteiger partial charge in [0.15, 0.2) is 5.82 Å². The molecule has 21 heavy (non-hydrogen) atoms. The van der Waals surface area contributed by atoms with E-state index in [1.807, 2.05) is 0 Å². The summed E-state index contributed by atoms with van der Waals surface area (Å²) >= 11 is 0. The van der Waals surface area contributed by atoms with Crippen molar-refractivity contribution in [3.63, 3.8) is 0 Å². The molecule has 2 aromatic rings. The normalized spacial score (nSPS) is 12.2. The number of aromatic nitrogens is 2. The Morgan fingerprint density at radius 1 is 1.14 bits per heavy atom. The van der Waals surface area contributed by atoms with Crippen LogP contribution in [0.25, 0.3) is 0 Å². The lowest BCUT2D eigenvalue weighted by molar-refractivity contribution is 0.291. The molecule has 0 radical (unpaired) electrons. The van der Waals surface area contributed by atoms with Gasteiger partial charge in [-0.1, -0.05) is 19.1 Å². The third-order valence-corrected chi connectivity index (χ3v) is 3.51. The van der Waals surface area contributed by atoms with E-state index in [0.29, 0.717) is 12.4 Å². The maximum atomic E-state index is 6.03. The van der Waals surface area contributed by atoms with E-state index in [9.17, 15) is 0 Å². The van der Waals surface area contributed by atoms with E-state index in [1.54, 1.807) is 18.5 Å². The molecule has 0 aliphatic heterocycles. The molecule has 0 amide bonds. The topological polar surface area (TPSA) is 61.0 Å². The van der Waals surface area contributed by atoms with Crippen LogP contribution in [0.15, 0.2) is 30.6 Å². The van der Waals surface area contributed by atoms with E-state index < -0.39 is 0 Å². The predicted molar refractivity (Wildman–Crippen MR) is 84.3 cm³/mol. The molecule has 1 heterocycles. The van der Waals surface area contributed by atoms with Crippen LogP contribution in [0.5, 0.6) is 5.75 Å². The Labute approximate surface area is 126 Å². The molecule has 2 rings (SSSR count). The SMILES string of the molecule is CCC(N)Cc1cc(C)c(OCc2ncccn2)c(C)c1. The number of hydrogen-bond acceptors (Lipinski definition) is 4. The van der Waals surface area contributed by atoms with Crippen molar-refractivity contribution in [2.24, 2.45) is 5.73 Å². The first-order chi connectivity index (χ1) is 10.1. The molecule has 1 aromatic heterocycles. The Kier molecular flexibility index (Phi) is 5.28. The van der Waals surface area contributed by atoms with Crippen molar-refractivity contribution in [1.82, 2.24) is 9.97 Å². The summed E-state index contributed by atoms with van der Waals surface area (Å²) in [5.41, 5.74) is 9.55. The molecular weight excluding hydrogens is 262 g/mol. The van der Waals surface area contributed by atoms with Gasteiger partial charge in [0.2, 0.25) is 0 Å². The minimum atomic E-state index is 0.216. The van der Waals surface area contributed by atoms with Crippen molar-refractivity contribution in [2.75, 3.05) is 0 Å². The smallest absolute Gasteiger partial charge is 0.166 e. The molecule has 2 N–H and O–H groups in total. The zero-order chi connectivity index (χ0) is 15.2. The molecular formula is C17H23N3O. The Bertz CT molecular complexity index is 561. The molecule has 4 nitrogen and oxygen atoms in total. The van der Waals surface area contributed by atoms with Crippen LogP contribution in [0, 0.1) is 13.8 Å². The summed E-state index contributed by atoms with van der Waals surface area (Å²) in [6, 6.07) is 6.33. The Morgan fingerprint density at radius 2 is 1.76 bits per heavy atom. The van der Waals surface area contributed by atoms with Gasteiger partial charge in [-0.05, 0) is 49.4 Å². The minimum absolute atomic E-state index is 0.216. The maximum absolute atomic E-state index is 6.03. The second kappa shape index (κ2) is 7.18. The standard InChI is InChI=1S/C17H23N3O/c1-4-15(18)10-14-8-12(2)17(13(3)9-14)21-11-16-19-6-5-7-20-16/h5-9,15H,4,10-11,18H2,1-3H3. The number of rotatable bonds is 6. The summed E-state index contributed by atoms with van der Waals surface area (Å²) < 4.78 is 5.88. The number of hydrogen-bond donors (Lipinski definition) is 1. The summed E-state index contributed by atoms with van der Waals surface area (Å²) in [7, 11) is 0. The minimum Gasteiger partial charge on any atom is -0.485 e. The molecule has 1 aromatic carbocycles. The van der Waals surface area contributed by atoms with Crippen molar-refractivity contribution >= 4 is 0 Å². The highest BCUT2D eigenvalue weighted by atomic mass is 16.5. The molecule has 1 unspecified atom stereocenters. The van der Waals surface area contributed by atoms with Crippen molar-refractivity contribution in [1.29, 1.82) is 0 Å². The lowest BCUT2D eigenvalue weighted by Crippen LogP contribution is -2.21. The molecule has 0 aliphatic carbocycles. The Hall–Kier alpha value is -1.94. The third-order valence-electron chi connectivity index (χ3n) is 3.51. The van der Waals surface area contributed by atoms with Crippen molar-refractivity contribution in [3.8, 4) is 5.75 Å². The first-order valence-electron chi connectivity index (χ1n) is 7.34. The molecule has 0 saturated heterocycles. The lowest BCUT2D eigenvalue weighted by Gasteiger charge is -2.15. The molecule has 0 saturated carbocycles. The van der Waals surface area contributed by atoms with E-state index in [4.69, 9.17) is 10.5 Å². The molecule has 0 fully saturated rings. The largest absolute Gasteiger partial charge is 0.485 e. The molecule has 112 valence electrons. The van der Waals surface area contributed by atoms with E-state index >= 15 is 0 Å². The van der Waals surface area contributed by atoms with Gasteiger partial charge in [-0.15, -0.1) is 0 Å². The van der Waals surface area contributed by atoms with Crippen LogP contribution >= 0.6 is 0 Å². The van der Waals surface area contributed by atoms with Gasteiger partial charge < -0.3 is 10.5 Å². The van der Waals surface area contributed by atoms with Gasteiger partial charge in [-0.2, -0.15) is 0 Å². The maximum Gasteiger partial charge on any atom is 0.166 e. The van der Waals surface area contributed by atoms with Gasteiger partial charge in [-0.3, -0.25) is 0 Å². The average molecular weight is 285 g/mol. The fourth-order valence-electron chi connectivity index (χ4n) is 2.37. The zero-order valence-corrected chi connectivity index (χ0v) is 13.0. The summed E-state index contributed by atoms with van der Waals surface area (Å²) in [6.07, 6.45) is 5.34. The number of nitrogens with zero attached hydrogens (tertiary/aromatic N) is 2. The van der Waals surface area contributed by atoms with Crippen molar-refractivity contribution < 1.29 is 4.74 Å². The monoisotopic (exact) mass is 285 g/mol. The van der Waals surface area contributed by atoms with Gasteiger partial charge >= 0.3 is 0 Å². The highest BCUT2D eigenvalue weighted by Gasteiger charge is 2.09. The first kappa shape index (κ1) is 15.4. The summed E-state index contributed by atoms with van der Waals surface area (Å²) in [6.45, 7) is 6.63. The molecule has 0 spiro atoms. The van der Waals surface area contributed by atoms with Crippen LogP contribution in [0.2, 0.25) is 0 Å². The highest BCUT2D eigenvalue weighted by molar-refractivity contribution is 5.43. The third kappa shape index (κ3) is 4.26. The fraction of sp³-hybridized carbons (Fsp3) is 0.412. The highest BCUT2D eigenvalue weighted by Crippen LogP contribution is 2.26. The number of benzene rings is 1. The Balaban J connectivity index is 2.10. The van der Waals surface area contributed by atoms with Crippen LogP contribution in [0.1, 0.15) is 35.9 Å². The van der Waals surface area contributed by atoms with E-state index in [1.165, 1.54) is 5.56 Å². The molecule has 4 heteroatoms. The van der Waals surface area contributed by atoms with Gasteiger partial charge in [0.25, 0.3) is 0 Å². The van der Waals surface area contributed by atoms with E-state index in [0.717, 1.165) is 29.7 Å².